The first-order valence-corrected chi connectivity index (χ1v) is 8.61. The maximum absolute atomic E-state index is 4.72. The Morgan fingerprint density at radius 3 is 2.87 bits per heavy atom. The number of aromatic nitrogens is 2. The van der Waals surface area contributed by atoms with Crippen molar-refractivity contribution in [2.24, 2.45) is 0 Å². The molecule has 0 spiro atoms. The highest BCUT2D eigenvalue weighted by atomic mass is 32.1. The molecule has 0 amide bonds. The topological polar surface area (TPSA) is 40.7 Å². The van der Waals surface area contributed by atoms with Crippen molar-refractivity contribution in [2.75, 3.05) is 6.54 Å². The molecule has 23 heavy (non-hydrogen) atoms. The summed E-state index contributed by atoms with van der Waals surface area (Å²) < 4.78 is 1.23. The zero-order valence-electron chi connectivity index (χ0n) is 12.5. The molecule has 2 aromatic heterocycles. The molecule has 0 unspecified atom stereocenters. The molecule has 112 valence electrons. The van der Waals surface area contributed by atoms with Crippen molar-refractivity contribution in [3.8, 4) is 0 Å². The van der Waals surface area contributed by atoms with Crippen LogP contribution in [-0.2, 0) is 6.42 Å². The molecule has 2 N–H and O–H groups in total. The molecule has 4 aromatic rings. The lowest BCUT2D eigenvalue weighted by molar-refractivity contribution is 0.817. The maximum Gasteiger partial charge on any atom is 0.119 e. The van der Waals surface area contributed by atoms with Gasteiger partial charge in [-0.3, -0.25) is 0 Å². The van der Waals surface area contributed by atoms with Gasteiger partial charge in [0.05, 0.1) is 21.6 Å². The molecule has 3 nitrogen and oxygen atoms in total. The van der Waals surface area contributed by atoms with Crippen LogP contribution in [0.5, 0.6) is 0 Å². The Bertz CT molecular complexity index is 1020. The van der Waals surface area contributed by atoms with Crippen molar-refractivity contribution in [3.05, 3.63) is 64.8 Å². The molecular weight excluding hydrogens is 302 g/mol. The Kier molecular flexibility index (Phi) is 2.78. The van der Waals surface area contributed by atoms with Gasteiger partial charge in [-0.15, -0.1) is 11.3 Å². The van der Waals surface area contributed by atoms with E-state index in [1.54, 1.807) is 11.3 Å². The first-order valence-electron chi connectivity index (χ1n) is 7.79. The molecule has 2 aromatic carbocycles. The summed E-state index contributed by atoms with van der Waals surface area (Å²) in [5, 5.41) is 5.90. The van der Waals surface area contributed by atoms with E-state index in [4.69, 9.17) is 4.98 Å². The fourth-order valence-electron chi connectivity index (χ4n) is 3.30. The zero-order chi connectivity index (χ0) is 15.2. The molecule has 3 heterocycles. The molecule has 0 bridgehead atoms. The Morgan fingerprint density at radius 2 is 1.91 bits per heavy atom. The molecule has 4 heteroatoms. The summed E-state index contributed by atoms with van der Waals surface area (Å²) in [7, 11) is 0. The summed E-state index contributed by atoms with van der Waals surface area (Å²) in [6.07, 6.45) is 3.22. The molecule has 0 aliphatic carbocycles. The Hall–Kier alpha value is -2.59. The van der Waals surface area contributed by atoms with Crippen LogP contribution >= 0.6 is 11.3 Å². The van der Waals surface area contributed by atoms with Gasteiger partial charge in [0.25, 0.3) is 0 Å². The zero-order valence-corrected chi connectivity index (χ0v) is 13.3. The number of nitrogens with zero attached hydrogens (tertiary/aromatic N) is 1. The first-order chi connectivity index (χ1) is 11.4. The van der Waals surface area contributed by atoms with Crippen LogP contribution in [0.15, 0.2) is 48.5 Å². The van der Waals surface area contributed by atoms with Gasteiger partial charge in [0, 0.05) is 17.4 Å². The van der Waals surface area contributed by atoms with Crippen LogP contribution in [0.4, 0.5) is 0 Å². The number of nitrogens with one attached hydrogen (secondary N) is 2. The Labute approximate surface area is 137 Å². The highest BCUT2D eigenvalue weighted by Crippen LogP contribution is 2.31. The second-order valence-electron chi connectivity index (χ2n) is 5.78. The molecule has 0 fully saturated rings. The predicted octanol–water partition coefficient (Wildman–Crippen LogP) is 4.42. The van der Waals surface area contributed by atoms with E-state index in [-0.39, 0.29) is 0 Å². The lowest BCUT2D eigenvalue weighted by Gasteiger charge is -2.17. The van der Waals surface area contributed by atoms with Gasteiger partial charge in [0.1, 0.15) is 5.01 Å². The molecule has 5 rings (SSSR count). The summed E-state index contributed by atoms with van der Waals surface area (Å²) in [6.45, 7) is 0.964. The van der Waals surface area contributed by atoms with Crippen molar-refractivity contribution in [2.45, 2.75) is 6.42 Å². The van der Waals surface area contributed by atoms with Gasteiger partial charge in [0.2, 0.25) is 0 Å². The average Bonchev–Trinajstić information content (AvgIpc) is 3.16. The predicted molar refractivity (Wildman–Crippen MR) is 97.5 cm³/mol. The van der Waals surface area contributed by atoms with Crippen LogP contribution in [0.1, 0.15) is 16.3 Å². The van der Waals surface area contributed by atoms with Gasteiger partial charge in [-0.1, -0.05) is 30.3 Å². The summed E-state index contributed by atoms with van der Waals surface area (Å²) >= 11 is 1.73. The number of benzene rings is 2. The van der Waals surface area contributed by atoms with Crippen molar-refractivity contribution in [3.63, 3.8) is 0 Å². The number of hydrogen-bond donors (Lipinski definition) is 2. The van der Waals surface area contributed by atoms with E-state index < -0.39 is 0 Å². The van der Waals surface area contributed by atoms with Gasteiger partial charge in [-0.25, -0.2) is 4.98 Å². The van der Waals surface area contributed by atoms with E-state index in [2.05, 4.69) is 58.8 Å². The van der Waals surface area contributed by atoms with Crippen LogP contribution in [-0.4, -0.2) is 16.5 Å². The average molecular weight is 317 g/mol. The normalized spacial score (nSPS) is 15.9. The largest absolute Gasteiger partial charge is 0.383 e. The van der Waals surface area contributed by atoms with Crippen LogP contribution in [0.25, 0.3) is 32.9 Å². The number of para-hydroxylation sites is 2. The maximum atomic E-state index is 4.72. The van der Waals surface area contributed by atoms with E-state index in [1.165, 1.54) is 26.9 Å². The fourth-order valence-corrected chi connectivity index (χ4v) is 4.21. The second kappa shape index (κ2) is 4.96. The minimum atomic E-state index is 0.964. The number of rotatable bonds is 1. The van der Waals surface area contributed by atoms with Gasteiger partial charge in [-0.05, 0) is 36.3 Å². The van der Waals surface area contributed by atoms with Crippen molar-refractivity contribution in [1.82, 2.24) is 15.3 Å². The number of aromatic amines is 1. The standard InChI is InChI=1S/C19H15N3S/c1-2-6-14-12(5-1)13-9-10-20-16(19(13)22-14)11-18-21-15-7-3-4-8-17(15)23-18/h1-8,11,20,22H,9-10H2/b16-11-. The van der Waals surface area contributed by atoms with Crippen molar-refractivity contribution < 1.29 is 0 Å². The highest BCUT2D eigenvalue weighted by molar-refractivity contribution is 7.19. The van der Waals surface area contributed by atoms with Crippen LogP contribution in [0, 0.1) is 0 Å². The van der Waals surface area contributed by atoms with Crippen LogP contribution in [0.2, 0.25) is 0 Å². The number of thiazole rings is 1. The monoisotopic (exact) mass is 317 g/mol. The van der Waals surface area contributed by atoms with Gasteiger partial charge < -0.3 is 10.3 Å². The lowest BCUT2D eigenvalue weighted by Crippen LogP contribution is -2.22. The molecule has 0 radical (unpaired) electrons. The van der Waals surface area contributed by atoms with E-state index in [1.807, 2.05) is 6.07 Å². The van der Waals surface area contributed by atoms with Crippen LogP contribution < -0.4 is 5.32 Å². The molecule has 1 aliphatic rings. The molecule has 0 atom stereocenters. The number of fused-ring (bicyclic) bond motifs is 4. The van der Waals surface area contributed by atoms with E-state index in [0.717, 1.165) is 29.2 Å². The number of H-pyrrole nitrogens is 1. The summed E-state index contributed by atoms with van der Waals surface area (Å²) in [5.41, 5.74) is 6.03. The third kappa shape index (κ3) is 2.06. The van der Waals surface area contributed by atoms with Crippen LogP contribution in [0.3, 0.4) is 0 Å². The summed E-state index contributed by atoms with van der Waals surface area (Å²) in [6, 6.07) is 16.8. The van der Waals surface area contributed by atoms with E-state index in [9.17, 15) is 0 Å². The minimum absolute atomic E-state index is 0.964. The molecular formula is C19H15N3S. The molecule has 1 aliphatic heterocycles. The number of hydrogen-bond acceptors (Lipinski definition) is 3. The highest BCUT2D eigenvalue weighted by Gasteiger charge is 2.19. The lowest BCUT2D eigenvalue weighted by atomic mass is 10.0. The van der Waals surface area contributed by atoms with Crippen molar-refractivity contribution in [1.29, 1.82) is 0 Å². The van der Waals surface area contributed by atoms with Crippen molar-refractivity contribution >= 4 is 44.2 Å². The van der Waals surface area contributed by atoms with E-state index >= 15 is 0 Å². The Balaban J connectivity index is 1.67. The molecule has 0 saturated heterocycles. The van der Waals surface area contributed by atoms with Gasteiger partial charge >= 0.3 is 0 Å². The Morgan fingerprint density at radius 1 is 1.04 bits per heavy atom. The smallest absolute Gasteiger partial charge is 0.119 e. The first kappa shape index (κ1) is 12.9. The summed E-state index contributed by atoms with van der Waals surface area (Å²) in [4.78, 5) is 8.29. The van der Waals surface area contributed by atoms with Gasteiger partial charge in [-0.2, -0.15) is 0 Å². The molecule has 0 saturated carbocycles. The van der Waals surface area contributed by atoms with Gasteiger partial charge in [0.15, 0.2) is 0 Å². The third-order valence-corrected chi connectivity index (χ3v) is 5.34. The minimum Gasteiger partial charge on any atom is -0.383 e. The fraction of sp³-hybridized carbons (Fsp3) is 0.105. The SMILES string of the molecule is C(=C1/NCCc2c1[nH]c1ccccc21)/c1nc2ccccc2s1. The third-order valence-electron chi connectivity index (χ3n) is 4.35. The second-order valence-corrected chi connectivity index (χ2v) is 6.84. The quantitative estimate of drug-likeness (QED) is 0.545. The van der Waals surface area contributed by atoms with E-state index in [0.29, 0.717) is 0 Å². The summed E-state index contributed by atoms with van der Waals surface area (Å²) in [5.74, 6) is 0.